The van der Waals surface area contributed by atoms with Gasteiger partial charge in [0, 0.05) is 22.7 Å². The standard InChI is InChI=1S/C49H35NO2/c1-49(2)41-20-10-9-19-38(41)39-26-24-36(30-42(39)49)50(43-27-23-35(32-13-5-3-6-14-32)29-40(43)33-15-7-4-8-16-33)37-25-28-44-47(31-37)52-46-22-12-18-34-17-11-21-45(51-44)48(34)46/h3-31H,1-2H3. The van der Waals surface area contributed by atoms with E-state index in [0.29, 0.717) is 11.5 Å². The minimum Gasteiger partial charge on any atom is -0.453 e. The van der Waals surface area contributed by atoms with Gasteiger partial charge in [0.15, 0.2) is 11.5 Å². The summed E-state index contributed by atoms with van der Waals surface area (Å²) in [6.07, 6.45) is 0. The summed E-state index contributed by atoms with van der Waals surface area (Å²) in [5.74, 6) is 2.92. The number of ether oxygens (including phenoxy) is 2. The molecule has 0 atom stereocenters. The first-order valence-electron chi connectivity index (χ1n) is 17.8. The zero-order chi connectivity index (χ0) is 34.8. The molecule has 0 fully saturated rings. The second-order valence-electron chi connectivity index (χ2n) is 14.1. The van der Waals surface area contributed by atoms with Crippen molar-refractivity contribution in [1.82, 2.24) is 0 Å². The summed E-state index contributed by atoms with van der Waals surface area (Å²) in [5.41, 5.74) is 12.9. The van der Waals surface area contributed by atoms with Crippen molar-refractivity contribution in [2.24, 2.45) is 0 Å². The Hall–Kier alpha value is -6.58. The molecule has 0 spiro atoms. The number of hydrogen-bond acceptors (Lipinski definition) is 3. The minimum atomic E-state index is -0.151. The molecule has 0 saturated carbocycles. The molecule has 0 radical (unpaired) electrons. The van der Waals surface area contributed by atoms with E-state index < -0.39 is 0 Å². The molecule has 52 heavy (non-hydrogen) atoms. The van der Waals surface area contributed by atoms with Gasteiger partial charge in [0.2, 0.25) is 0 Å². The lowest BCUT2D eigenvalue weighted by Gasteiger charge is -2.30. The van der Waals surface area contributed by atoms with Gasteiger partial charge in [-0.2, -0.15) is 0 Å². The van der Waals surface area contributed by atoms with E-state index in [4.69, 9.17) is 9.47 Å². The fourth-order valence-corrected chi connectivity index (χ4v) is 8.13. The van der Waals surface area contributed by atoms with Crippen molar-refractivity contribution in [3.8, 4) is 56.4 Å². The van der Waals surface area contributed by atoms with Crippen molar-refractivity contribution in [1.29, 1.82) is 0 Å². The SMILES string of the molecule is CC1(C)c2ccccc2-c2ccc(N(c3ccc4c(c3)Oc3cccc5cccc(c35)O4)c3ccc(-c4ccccc4)cc3-c3ccccc3)cc21. The average Bonchev–Trinajstić information content (AvgIpc) is 3.30. The Labute approximate surface area is 304 Å². The van der Waals surface area contributed by atoms with Gasteiger partial charge >= 0.3 is 0 Å². The van der Waals surface area contributed by atoms with E-state index in [-0.39, 0.29) is 5.41 Å². The van der Waals surface area contributed by atoms with Gasteiger partial charge in [-0.3, -0.25) is 0 Å². The summed E-state index contributed by atoms with van der Waals surface area (Å²) in [6.45, 7) is 4.67. The van der Waals surface area contributed by atoms with Crippen LogP contribution in [0, 0.1) is 0 Å². The predicted molar refractivity (Wildman–Crippen MR) is 214 cm³/mol. The number of nitrogens with zero attached hydrogens (tertiary/aromatic N) is 1. The molecule has 3 nitrogen and oxygen atoms in total. The first-order valence-corrected chi connectivity index (χ1v) is 17.8. The summed E-state index contributed by atoms with van der Waals surface area (Å²) in [7, 11) is 0. The zero-order valence-electron chi connectivity index (χ0n) is 29.0. The molecule has 1 aliphatic carbocycles. The lowest BCUT2D eigenvalue weighted by Crippen LogP contribution is -2.17. The fraction of sp³-hybridized carbons (Fsp3) is 0.0612. The summed E-state index contributed by atoms with van der Waals surface area (Å²) in [6, 6.07) is 62.4. The van der Waals surface area contributed by atoms with Gasteiger partial charge in [-0.05, 0) is 92.9 Å². The number of fused-ring (bicyclic) bond motifs is 4. The predicted octanol–water partition coefficient (Wildman–Crippen LogP) is 13.8. The maximum Gasteiger partial charge on any atom is 0.172 e. The molecular formula is C49H35NO2. The van der Waals surface area contributed by atoms with Gasteiger partial charge in [-0.15, -0.1) is 0 Å². The second kappa shape index (κ2) is 11.8. The van der Waals surface area contributed by atoms with E-state index >= 15 is 0 Å². The molecule has 3 heteroatoms. The van der Waals surface area contributed by atoms with Crippen LogP contribution in [0.5, 0.6) is 23.0 Å². The van der Waals surface area contributed by atoms with Crippen LogP contribution in [0.25, 0.3) is 44.2 Å². The smallest absolute Gasteiger partial charge is 0.172 e. The van der Waals surface area contributed by atoms with Crippen molar-refractivity contribution >= 4 is 27.8 Å². The molecule has 2 aliphatic rings. The Morgan fingerprint density at radius 1 is 0.404 bits per heavy atom. The lowest BCUT2D eigenvalue weighted by atomic mass is 9.82. The van der Waals surface area contributed by atoms with Crippen LogP contribution in [0.15, 0.2) is 176 Å². The average molecular weight is 670 g/mol. The summed E-state index contributed by atoms with van der Waals surface area (Å²) < 4.78 is 13.3. The van der Waals surface area contributed by atoms with Crippen molar-refractivity contribution in [3.05, 3.63) is 187 Å². The third-order valence-electron chi connectivity index (χ3n) is 10.7. The van der Waals surface area contributed by atoms with Crippen molar-refractivity contribution < 1.29 is 9.47 Å². The summed E-state index contributed by atoms with van der Waals surface area (Å²) in [5, 5.41) is 2.06. The second-order valence-corrected chi connectivity index (χ2v) is 14.1. The van der Waals surface area contributed by atoms with Crippen molar-refractivity contribution in [2.75, 3.05) is 4.90 Å². The molecule has 0 saturated heterocycles. The highest BCUT2D eigenvalue weighted by molar-refractivity contribution is 5.96. The third kappa shape index (κ3) is 4.81. The van der Waals surface area contributed by atoms with Crippen LogP contribution in [-0.2, 0) is 5.41 Å². The number of rotatable bonds is 5. The quantitative estimate of drug-likeness (QED) is 0.182. The van der Waals surface area contributed by atoms with Gasteiger partial charge in [0.1, 0.15) is 11.5 Å². The highest BCUT2D eigenvalue weighted by atomic mass is 16.5. The highest BCUT2D eigenvalue weighted by Gasteiger charge is 2.36. The molecule has 10 rings (SSSR count). The number of hydrogen-bond donors (Lipinski definition) is 0. The molecule has 8 aromatic carbocycles. The van der Waals surface area contributed by atoms with Crippen LogP contribution < -0.4 is 14.4 Å². The minimum absolute atomic E-state index is 0.151. The van der Waals surface area contributed by atoms with E-state index in [1.165, 1.54) is 33.4 Å². The monoisotopic (exact) mass is 669 g/mol. The molecule has 8 aromatic rings. The van der Waals surface area contributed by atoms with Crippen LogP contribution in [0.4, 0.5) is 17.1 Å². The summed E-state index contributed by atoms with van der Waals surface area (Å²) in [4.78, 5) is 2.37. The Morgan fingerprint density at radius 3 is 1.81 bits per heavy atom. The molecule has 0 N–H and O–H groups in total. The Bertz CT molecular complexity index is 2660. The highest BCUT2D eigenvalue weighted by Crippen LogP contribution is 2.53. The largest absolute Gasteiger partial charge is 0.453 e. The Kier molecular flexibility index (Phi) is 6.84. The molecule has 248 valence electrons. The Balaban J connectivity index is 1.20. The number of anilines is 3. The van der Waals surface area contributed by atoms with Gasteiger partial charge in [0.25, 0.3) is 0 Å². The maximum absolute atomic E-state index is 6.73. The van der Waals surface area contributed by atoms with Crippen LogP contribution in [0.2, 0.25) is 0 Å². The fourth-order valence-electron chi connectivity index (χ4n) is 8.13. The lowest BCUT2D eigenvalue weighted by molar-refractivity contribution is 0.439. The van der Waals surface area contributed by atoms with E-state index in [1.54, 1.807) is 0 Å². The third-order valence-corrected chi connectivity index (χ3v) is 10.7. The molecule has 1 aliphatic heterocycles. The van der Waals surface area contributed by atoms with Crippen LogP contribution in [0.3, 0.4) is 0 Å². The van der Waals surface area contributed by atoms with Gasteiger partial charge in [-0.1, -0.05) is 135 Å². The van der Waals surface area contributed by atoms with Gasteiger partial charge < -0.3 is 14.4 Å². The normalized spacial score (nSPS) is 13.3. The first-order chi connectivity index (χ1) is 25.5. The Morgan fingerprint density at radius 2 is 1.04 bits per heavy atom. The summed E-state index contributed by atoms with van der Waals surface area (Å²) >= 11 is 0. The van der Waals surface area contributed by atoms with Crippen LogP contribution in [-0.4, -0.2) is 0 Å². The van der Waals surface area contributed by atoms with Gasteiger partial charge in [-0.25, -0.2) is 0 Å². The topological polar surface area (TPSA) is 21.7 Å². The molecule has 0 aromatic heterocycles. The first kappa shape index (κ1) is 30.3. The molecule has 0 bridgehead atoms. The van der Waals surface area contributed by atoms with E-state index in [9.17, 15) is 0 Å². The molecular weight excluding hydrogens is 635 g/mol. The number of benzene rings is 8. The van der Waals surface area contributed by atoms with E-state index in [0.717, 1.165) is 50.5 Å². The van der Waals surface area contributed by atoms with E-state index in [1.807, 2.05) is 30.3 Å². The van der Waals surface area contributed by atoms with Crippen molar-refractivity contribution in [2.45, 2.75) is 19.3 Å². The van der Waals surface area contributed by atoms with Gasteiger partial charge in [0.05, 0.1) is 16.8 Å². The molecule has 1 heterocycles. The molecule has 0 unspecified atom stereocenters. The van der Waals surface area contributed by atoms with Crippen molar-refractivity contribution in [3.63, 3.8) is 0 Å². The zero-order valence-corrected chi connectivity index (χ0v) is 29.0. The van der Waals surface area contributed by atoms with E-state index in [2.05, 4.69) is 164 Å². The van der Waals surface area contributed by atoms with Crippen LogP contribution in [0.1, 0.15) is 25.0 Å². The van der Waals surface area contributed by atoms with Crippen LogP contribution >= 0.6 is 0 Å². The molecule has 0 amide bonds. The maximum atomic E-state index is 6.73.